The van der Waals surface area contributed by atoms with Crippen molar-refractivity contribution >= 4 is 6.09 Å². The Labute approximate surface area is 259 Å². The highest BCUT2D eigenvalue weighted by Crippen LogP contribution is 2.41. The van der Waals surface area contributed by atoms with E-state index in [0.717, 1.165) is 28.7 Å². The molecule has 2 N–H and O–H groups in total. The Hall–Kier alpha value is -4.33. The number of aliphatic hydroxyl groups is 1. The third-order valence-electron chi connectivity index (χ3n) is 7.80. The van der Waals surface area contributed by atoms with Crippen molar-refractivity contribution in [1.82, 2.24) is 4.90 Å². The van der Waals surface area contributed by atoms with Crippen molar-refractivity contribution in [2.75, 3.05) is 13.2 Å². The van der Waals surface area contributed by atoms with Crippen molar-refractivity contribution in [3.8, 4) is 11.5 Å². The smallest absolute Gasteiger partial charge is 0.410 e. The first kappa shape index (κ1) is 31.1. The molecule has 0 spiro atoms. The van der Waals surface area contributed by atoms with Crippen LogP contribution in [0.15, 0.2) is 109 Å². The first-order valence-corrected chi connectivity index (χ1v) is 15.1. The van der Waals surface area contributed by atoms with E-state index >= 15 is 0 Å². The molecular weight excluding hydrogens is 554 g/mol. The molecule has 1 heterocycles. The number of aliphatic hydroxyl groups excluding tert-OH is 1. The molecule has 230 valence electrons. The third kappa shape index (κ3) is 7.07. The first-order valence-electron chi connectivity index (χ1n) is 15.1. The van der Waals surface area contributed by atoms with Crippen LogP contribution in [0.3, 0.4) is 0 Å². The molecule has 7 nitrogen and oxygen atoms in total. The van der Waals surface area contributed by atoms with Crippen molar-refractivity contribution in [1.29, 1.82) is 0 Å². The zero-order valence-electron chi connectivity index (χ0n) is 25.6. The molecule has 44 heavy (non-hydrogen) atoms. The average Bonchev–Trinajstić information content (AvgIpc) is 3.52. The standard InChI is InChI=1S/C37H41NO6/c1-36(2,3)44-35(41)38-23-13-20-31(38)33(40)26-42-34-22-21-27(24-32(34)39)25-43-37(28-14-7-4-8-15-28,29-16-9-5-10-17-29)30-18-11-6-12-19-30/h4-12,14-19,21-22,24,31,33,39-40H,13,20,23,25-26H2,1-3H3/t31-,33-/m0/s1. The summed E-state index contributed by atoms with van der Waals surface area (Å²) in [6.45, 7) is 6.11. The number of hydrogen-bond acceptors (Lipinski definition) is 6. The summed E-state index contributed by atoms with van der Waals surface area (Å²) in [5, 5.41) is 21.8. The van der Waals surface area contributed by atoms with E-state index in [1.807, 2.05) is 81.4 Å². The molecule has 1 aliphatic heterocycles. The summed E-state index contributed by atoms with van der Waals surface area (Å²) in [4.78, 5) is 14.2. The maximum absolute atomic E-state index is 12.6. The zero-order chi connectivity index (χ0) is 31.2. The summed E-state index contributed by atoms with van der Waals surface area (Å²) in [5.41, 5.74) is 2.22. The van der Waals surface area contributed by atoms with Gasteiger partial charge < -0.3 is 29.3 Å². The highest BCUT2D eigenvalue weighted by atomic mass is 16.6. The zero-order valence-corrected chi connectivity index (χ0v) is 25.6. The lowest BCUT2D eigenvalue weighted by Crippen LogP contribution is -2.46. The van der Waals surface area contributed by atoms with Crippen LogP contribution in [-0.2, 0) is 21.7 Å². The number of nitrogens with zero attached hydrogens (tertiary/aromatic N) is 1. The van der Waals surface area contributed by atoms with Gasteiger partial charge in [-0.05, 0) is 68.0 Å². The Kier molecular flexibility index (Phi) is 9.57. The number of carbonyl (C=O) groups is 1. The van der Waals surface area contributed by atoms with Gasteiger partial charge in [-0.25, -0.2) is 4.79 Å². The summed E-state index contributed by atoms with van der Waals surface area (Å²) in [6, 6.07) is 35.1. The van der Waals surface area contributed by atoms with Crippen molar-refractivity contribution < 1.29 is 29.2 Å². The SMILES string of the molecule is CC(C)(C)OC(=O)N1CCC[C@H]1[C@@H](O)COc1ccc(COC(c2ccccc2)(c2ccccc2)c2ccccc2)cc1O. The van der Waals surface area contributed by atoms with E-state index < -0.39 is 29.4 Å². The summed E-state index contributed by atoms with van der Waals surface area (Å²) in [5.74, 6) is 0.188. The number of ether oxygens (including phenoxy) is 3. The van der Waals surface area contributed by atoms with Crippen LogP contribution in [0.2, 0.25) is 0 Å². The van der Waals surface area contributed by atoms with Crippen LogP contribution in [0.1, 0.15) is 55.9 Å². The maximum Gasteiger partial charge on any atom is 0.410 e. The second kappa shape index (κ2) is 13.5. The topological polar surface area (TPSA) is 88.5 Å². The van der Waals surface area contributed by atoms with Gasteiger partial charge in [0, 0.05) is 6.54 Å². The van der Waals surface area contributed by atoms with Crippen molar-refractivity contribution in [3.63, 3.8) is 0 Å². The van der Waals surface area contributed by atoms with Gasteiger partial charge in [0.25, 0.3) is 0 Å². The fourth-order valence-corrected chi connectivity index (χ4v) is 5.76. The molecule has 0 unspecified atom stereocenters. The van der Waals surface area contributed by atoms with Crippen LogP contribution in [0.25, 0.3) is 0 Å². The molecule has 0 radical (unpaired) electrons. The van der Waals surface area contributed by atoms with Gasteiger partial charge in [-0.2, -0.15) is 0 Å². The summed E-state index contributed by atoms with van der Waals surface area (Å²) < 4.78 is 18.2. The van der Waals surface area contributed by atoms with E-state index in [1.54, 1.807) is 17.0 Å². The van der Waals surface area contributed by atoms with E-state index in [0.29, 0.717) is 13.0 Å². The molecule has 1 fully saturated rings. The Morgan fingerprint density at radius 3 is 1.91 bits per heavy atom. The highest BCUT2D eigenvalue weighted by Gasteiger charge is 2.38. The molecule has 4 aromatic rings. The quantitative estimate of drug-likeness (QED) is 0.191. The van der Waals surface area contributed by atoms with Crippen LogP contribution in [0.5, 0.6) is 11.5 Å². The van der Waals surface area contributed by atoms with Crippen molar-refractivity contribution in [3.05, 3.63) is 131 Å². The number of carbonyl (C=O) groups excluding carboxylic acids is 1. The number of benzene rings is 4. The van der Waals surface area contributed by atoms with Gasteiger partial charge in [-0.1, -0.05) is 97.1 Å². The Morgan fingerprint density at radius 2 is 1.41 bits per heavy atom. The molecular formula is C37H41NO6. The lowest BCUT2D eigenvalue weighted by atomic mass is 9.80. The summed E-state index contributed by atoms with van der Waals surface area (Å²) >= 11 is 0. The minimum Gasteiger partial charge on any atom is -0.504 e. The van der Waals surface area contributed by atoms with E-state index in [2.05, 4.69) is 36.4 Å². The average molecular weight is 596 g/mol. The molecule has 1 aliphatic rings. The number of amides is 1. The van der Waals surface area contributed by atoms with Gasteiger partial charge in [-0.3, -0.25) is 0 Å². The number of hydrogen-bond donors (Lipinski definition) is 2. The molecule has 0 aliphatic carbocycles. The highest BCUT2D eigenvalue weighted by molar-refractivity contribution is 5.69. The number of phenols is 1. The minimum absolute atomic E-state index is 0.0570. The lowest BCUT2D eigenvalue weighted by Gasteiger charge is -2.36. The maximum atomic E-state index is 12.6. The van der Waals surface area contributed by atoms with Crippen LogP contribution < -0.4 is 4.74 Å². The Balaban J connectivity index is 1.31. The number of likely N-dealkylation sites (tertiary alicyclic amines) is 1. The Bertz CT molecular complexity index is 1410. The third-order valence-corrected chi connectivity index (χ3v) is 7.80. The lowest BCUT2D eigenvalue weighted by molar-refractivity contribution is -0.00382. The van der Waals surface area contributed by atoms with E-state index in [-0.39, 0.29) is 24.7 Å². The van der Waals surface area contributed by atoms with Crippen LogP contribution in [0.4, 0.5) is 4.79 Å². The van der Waals surface area contributed by atoms with Gasteiger partial charge in [-0.15, -0.1) is 0 Å². The van der Waals surface area contributed by atoms with Crippen LogP contribution in [0, 0.1) is 0 Å². The summed E-state index contributed by atoms with van der Waals surface area (Å²) in [7, 11) is 0. The molecule has 7 heteroatoms. The number of phenolic OH excluding ortho intramolecular Hbond substituents is 1. The predicted molar refractivity (Wildman–Crippen MR) is 170 cm³/mol. The molecule has 0 bridgehead atoms. The summed E-state index contributed by atoms with van der Waals surface area (Å²) in [6.07, 6.45) is 0.0505. The van der Waals surface area contributed by atoms with E-state index in [1.165, 1.54) is 0 Å². The second-order valence-electron chi connectivity index (χ2n) is 12.1. The van der Waals surface area contributed by atoms with Gasteiger partial charge in [0.2, 0.25) is 0 Å². The molecule has 4 aromatic carbocycles. The molecule has 0 saturated carbocycles. The molecule has 2 atom stereocenters. The molecule has 1 amide bonds. The number of rotatable bonds is 10. The van der Waals surface area contributed by atoms with E-state index in [4.69, 9.17) is 14.2 Å². The fraction of sp³-hybridized carbons (Fsp3) is 0.324. The monoisotopic (exact) mass is 595 g/mol. The molecule has 0 aromatic heterocycles. The normalized spacial score (nSPS) is 16.0. The van der Waals surface area contributed by atoms with Crippen molar-refractivity contribution in [2.24, 2.45) is 0 Å². The van der Waals surface area contributed by atoms with E-state index in [9.17, 15) is 15.0 Å². The van der Waals surface area contributed by atoms with Gasteiger partial charge in [0.05, 0.1) is 12.6 Å². The minimum atomic E-state index is -0.935. The van der Waals surface area contributed by atoms with Gasteiger partial charge in [0.1, 0.15) is 23.9 Å². The Morgan fingerprint density at radius 1 is 0.864 bits per heavy atom. The van der Waals surface area contributed by atoms with Gasteiger partial charge >= 0.3 is 6.09 Å². The van der Waals surface area contributed by atoms with Crippen molar-refractivity contribution in [2.45, 2.75) is 63.6 Å². The van der Waals surface area contributed by atoms with Gasteiger partial charge in [0.15, 0.2) is 11.5 Å². The predicted octanol–water partition coefficient (Wildman–Crippen LogP) is 7.04. The van der Waals surface area contributed by atoms with Crippen LogP contribution in [-0.4, -0.2) is 52.1 Å². The molecule has 5 rings (SSSR count). The number of aromatic hydroxyl groups is 1. The van der Waals surface area contributed by atoms with Crippen LogP contribution >= 0.6 is 0 Å². The fourth-order valence-electron chi connectivity index (χ4n) is 5.76. The largest absolute Gasteiger partial charge is 0.504 e. The second-order valence-corrected chi connectivity index (χ2v) is 12.1. The first-order chi connectivity index (χ1) is 21.2. The molecule has 1 saturated heterocycles.